The molecule has 0 N–H and O–H groups in total. The van der Waals surface area contributed by atoms with Crippen molar-refractivity contribution in [2.45, 2.75) is 0 Å². The van der Waals surface area contributed by atoms with Crippen molar-refractivity contribution in [3.63, 3.8) is 0 Å². The molecule has 0 aliphatic heterocycles. The summed E-state index contributed by atoms with van der Waals surface area (Å²) in [7, 11) is 4.65. The number of hydrogen-bond donors (Lipinski definition) is 0. The van der Waals surface area contributed by atoms with Gasteiger partial charge in [-0.1, -0.05) is 6.07 Å². The Labute approximate surface area is 87.6 Å². The molecule has 1 rings (SSSR count). The van der Waals surface area contributed by atoms with Crippen LogP contribution in [0.3, 0.4) is 0 Å². The van der Waals surface area contributed by atoms with Gasteiger partial charge in [-0.3, -0.25) is 4.79 Å². The standard InChI is InChI=1S/C10H12N2O3/c1-12(2)10(13)7-5-4-6-8(11-14)9(7)15-3/h4-6H,1-3H3. The van der Waals surface area contributed by atoms with Crippen molar-refractivity contribution in [2.24, 2.45) is 5.18 Å². The molecular formula is C10H12N2O3. The third-order valence-electron chi connectivity index (χ3n) is 1.93. The summed E-state index contributed by atoms with van der Waals surface area (Å²) in [6.45, 7) is 0. The first-order valence-electron chi connectivity index (χ1n) is 4.33. The second-order valence-corrected chi connectivity index (χ2v) is 3.15. The molecule has 15 heavy (non-hydrogen) atoms. The van der Waals surface area contributed by atoms with Gasteiger partial charge in [-0.25, -0.2) is 0 Å². The van der Waals surface area contributed by atoms with Gasteiger partial charge in [-0.2, -0.15) is 0 Å². The number of amides is 1. The number of methoxy groups -OCH3 is 1. The fourth-order valence-electron chi connectivity index (χ4n) is 1.22. The van der Waals surface area contributed by atoms with E-state index in [1.165, 1.54) is 18.1 Å². The van der Waals surface area contributed by atoms with Crippen LogP contribution >= 0.6 is 0 Å². The summed E-state index contributed by atoms with van der Waals surface area (Å²) in [5.41, 5.74) is 0.463. The average molecular weight is 208 g/mol. The van der Waals surface area contributed by atoms with Gasteiger partial charge in [0, 0.05) is 14.1 Å². The molecule has 0 aliphatic rings. The molecule has 80 valence electrons. The Morgan fingerprint density at radius 3 is 2.53 bits per heavy atom. The molecule has 1 aromatic rings. The summed E-state index contributed by atoms with van der Waals surface area (Å²) in [6, 6.07) is 4.68. The summed E-state index contributed by atoms with van der Waals surface area (Å²) in [5.74, 6) is -0.0106. The number of benzene rings is 1. The minimum Gasteiger partial charge on any atom is -0.494 e. The zero-order chi connectivity index (χ0) is 11.4. The quantitative estimate of drug-likeness (QED) is 0.711. The van der Waals surface area contributed by atoms with Crippen LogP contribution in [0, 0.1) is 4.91 Å². The lowest BCUT2D eigenvalue weighted by molar-refractivity contribution is 0.0824. The van der Waals surface area contributed by atoms with E-state index in [0.717, 1.165) is 0 Å². The second kappa shape index (κ2) is 4.54. The molecule has 0 saturated carbocycles. The van der Waals surface area contributed by atoms with Crippen LogP contribution in [0.4, 0.5) is 5.69 Å². The van der Waals surface area contributed by atoms with Gasteiger partial charge in [0.15, 0.2) is 11.4 Å². The molecule has 0 fully saturated rings. The van der Waals surface area contributed by atoms with E-state index < -0.39 is 0 Å². The van der Waals surface area contributed by atoms with Crippen molar-refractivity contribution in [1.29, 1.82) is 0 Å². The van der Waals surface area contributed by atoms with E-state index in [0.29, 0.717) is 5.56 Å². The van der Waals surface area contributed by atoms with Crippen molar-refractivity contribution < 1.29 is 9.53 Å². The molecule has 5 nitrogen and oxygen atoms in total. The highest BCUT2D eigenvalue weighted by molar-refractivity contribution is 5.98. The van der Waals surface area contributed by atoms with Crippen LogP contribution in [0.2, 0.25) is 0 Å². The smallest absolute Gasteiger partial charge is 0.257 e. The topological polar surface area (TPSA) is 59.0 Å². The zero-order valence-electron chi connectivity index (χ0n) is 8.85. The molecule has 0 saturated heterocycles. The molecule has 0 aliphatic carbocycles. The van der Waals surface area contributed by atoms with Gasteiger partial charge >= 0.3 is 0 Å². The van der Waals surface area contributed by atoms with Gasteiger partial charge in [-0.15, -0.1) is 4.91 Å². The second-order valence-electron chi connectivity index (χ2n) is 3.15. The van der Waals surface area contributed by atoms with Gasteiger partial charge in [0.2, 0.25) is 0 Å². The minimum atomic E-state index is -0.225. The van der Waals surface area contributed by atoms with Crippen molar-refractivity contribution in [3.8, 4) is 5.75 Å². The highest BCUT2D eigenvalue weighted by atomic mass is 16.5. The highest BCUT2D eigenvalue weighted by Crippen LogP contribution is 2.31. The Hall–Kier alpha value is -1.91. The molecule has 5 heteroatoms. The van der Waals surface area contributed by atoms with Crippen molar-refractivity contribution >= 4 is 11.6 Å². The number of ether oxygens (including phenoxy) is 1. The normalized spacial score (nSPS) is 9.53. The third-order valence-corrected chi connectivity index (χ3v) is 1.93. The predicted octanol–water partition coefficient (Wildman–Crippen LogP) is 1.79. The number of rotatable bonds is 3. The van der Waals surface area contributed by atoms with E-state index >= 15 is 0 Å². The van der Waals surface area contributed by atoms with E-state index in [9.17, 15) is 9.70 Å². The van der Waals surface area contributed by atoms with Crippen LogP contribution in [0.1, 0.15) is 10.4 Å². The number of para-hydroxylation sites is 1. The van der Waals surface area contributed by atoms with Crippen LogP contribution < -0.4 is 4.74 Å². The lowest BCUT2D eigenvalue weighted by Crippen LogP contribution is -2.22. The summed E-state index contributed by atoms with van der Waals surface area (Å²) >= 11 is 0. The molecule has 0 heterocycles. The molecule has 0 atom stereocenters. The monoisotopic (exact) mass is 208 g/mol. The number of nitroso groups, excluding NO2 is 1. The van der Waals surface area contributed by atoms with Gasteiger partial charge in [0.05, 0.1) is 12.7 Å². The van der Waals surface area contributed by atoms with E-state index in [1.807, 2.05) is 0 Å². The Morgan fingerprint density at radius 2 is 2.07 bits per heavy atom. The van der Waals surface area contributed by atoms with E-state index in [1.54, 1.807) is 26.2 Å². The van der Waals surface area contributed by atoms with Gasteiger partial charge in [0.25, 0.3) is 5.91 Å². The Balaban J connectivity index is 3.29. The molecule has 0 bridgehead atoms. The third kappa shape index (κ3) is 2.12. The maximum Gasteiger partial charge on any atom is 0.257 e. The summed E-state index contributed by atoms with van der Waals surface area (Å²) < 4.78 is 5.00. The maximum atomic E-state index is 11.7. The largest absolute Gasteiger partial charge is 0.494 e. The first-order valence-corrected chi connectivity index (χ1v) is 4.33. The number of hydrogen-bond acceptors (Lipinski definition) is 4. The van der Waals surface area contributed by atoms with E-state index in [2.05, 4.69) is 5.18 Å². The lowest BCUT2D eigenvalue weighted by atomic mass is 10.1. The van der Waals surface area contributed by atoms with E-state index in [-0.39, 0.29) is 17.3 Å². The predicted molar refractivity (Wildman–Crippen MR) is 56.5 cm³/mol. The Kier molecular flexibility index (Phi) is 3.38. The molecule has 0 unspecified atom stereocenters. The average Bonchev–Trinajstić information content (AvgIpc) is 2.26. The molecule has 0 radical (unpaired) electrons. The summed E-state index contributed by atoms with van der Waals surface area (Å²) in [5, 5.41) is 2.80. The Bertz CT molecular complexity index is 388. The van der Waals surface area contributed by atoms with Crippen LogP contribution in [-0.2, 0) is 0 Å². The van der Waals surface area contributed by atoms with Gasteiger partial charge in [-0.05, 0) is 17.3 Å². The van der Waals surface area contributed by atoms with Crippen LogP contribution in [0.5, 0.6) is 5.75 Å². The maximum absolute atomic E-state index is 11.7. The minimum absolute atomic E-state index is 0.130. The molecule has 1 amide bonds. The number of nitrogens with zero attached hydrogens (tertiary/aromatic N) is 2. The van der Waals surface area contributed by atoms with Crippen LogP contribution in [-0.4, -0.2) is 32.0 Å². The fourth-order valence-corrected chi connectivity index (χ4v) is 1.22. The van der Waals surface area contributed by atoms with Crippen LogP contribution in [0.25, 0.3) is 0 Å². The van der Waals surface area contributed by atoms with Gasteiger partial charge in [0.1, 0.15) is 0 Å². The number of carbonyl (C=O) groups is 1. The molecular weight excluding hydrogens is 196 g/mol. The number of carbonyl (C=O) groups excluding carboxylic acids is 1. The highest BCUT2D eigenvalue weighted by Gasteiger charge is 2.17. The summed E-state index contributed by atoms with van der Waals surface area (Å²) in [4.78, 5) is 23.6. The zero-order valence-corrected chi connectivity index (χ0v) is 8.85. The first kappa shape index (κ1) is 11.2. The van der Waals surface area contributed by atoms with Crippen molar-refractivity contribution in [3.05, 3.63) is 28.7 Å². The molecule has 0 aromatic heterocycles. The lowest BCUT2D eigenvalue weighted by Gasteiger charge is -2.13. The molecule has 1 aromatic carbocycles. The summed E-state index contributed by atoms with van der Waals surface area (Å²) in [6.07, 6.45) is 0. The van der Waals surface area contributed by atoms with Gasteiger partial charge < -0.3 is 9.64 Å². The SMILES string of the molecule is COc1c(N=O)cccc1C(=O)N(C)C. The van der Waals surface area contributed by atoms with Crippen molar-refractivity contribution in [1.82, 2.24) is 4.90 Å². The van der Waals surface area contributed by atoms with E-state index in [4.69, 9.17) is 4.74 Å². The van der Waals surface area contributed by atoms with Crippen LogP contribution in [0.15, 0.2) is 23.4 Å². The molecule has 0 spiro atoms. The fraction of sp³-hybridized carbons (Fsp3) is 0.300. The van der Waals surface area contributed by atoms with Crippen molar-refractivity contribution in [2.75, 3.05) is 21.2 Å². The Morgan fingerprint density at radius 1 is 1.40 bits per heavy atom. The first-order chi connectivity index (χ1) is 7.11.